The first-order chi connectivity index (χ1) is 6.90. The summed E-state index contributed by atoms with van der Waals surface area (Å²) >= 11 is 7.07. The van der Waals surface area contributed by atoms with Crippen molar-refractivity contribution in [3.05, 3.63) is 11.3 Å². The molecular weight excluding hydrogens is 258 g/mol. The lowest BCUT2D eigenvalue weighted by molar-refractivity contribution is 0.603. The molecule has 0 saturated heterocycles. The van der Waals surface area contributed by atoms with Crippen LogP contribution in [0.2, 0.25) is 5.02 Å². The Balaban J connectivity index is 2.62. The highest BCUT2D eigenvalue weighted by Gasteiger charge is 2.08. The molecule has 1 aromatic rings. The van der Waals surface area contributed by atoms with E-state index in [0.29, 0.717) is 10.8 Å². The molecule has 0 aliphatic heterocycles. The zero-order chi connectivity index (χ0) is 11.5. The van der Waals surface area contributed by atoms with Gasteiger partial charge >= 0.3 is 0 Å². The van der Waals surface area contributed by atoms with Crippen LogP contribution < -0.4 is 5.73 Å². The second kappa shape index (κ2) is 5.00. The molecule has 2 N–H and O–H groups in total. The number of nitrogen functional groups attached to an aromatic ring is 1. The Hall–Kier alpha value is -0.530. The van der Waals surface area contributed by atoms with E-state index in [-0.39, 0.29) is 16.6 Å². The molecule has 0 amide bonds. The lowest BCUT2D eigenvalue weighted by Gasteiger charge is -2.03. The van der Waals surface area contributed by atoms with Gasteiger partial charge in [0.15, 0.2) is 0 Å². The second-order valence-corrected chi connectivity index (χ2v) is 6.58. The lowest BCUT2D eigenvalue weighted by atomic mass is 10.6. The van der Waals surface area contributed by atoms with Crippen LogP contribution in [-0.2, 0) is 9.84 Å². The van der Waals surface area contributed by atoms with E-state index < -0.39 is 9.84 Å². The maximum Gasteiger partial charge on any atom is 0.148 e. The fourth-order valence-corrected chi connectivity index (χ4v) is 3.11. The second-order valence-electron chi connectivity index (χ2n) is 2.86. The third kappa shape index (κ3) is 4.23. The van der Waals surface area contributed by atoms with Gasteiger partial charge in [0.1, 0.15) is 32.0 Å². The average molecular weight is 268 g/mol. The molecule has 1 aromatic heterocycles. The third-order valence-corrected chi connectivity index (χ3v) is 4.16. The summed E-state index contributed by atoms with van der Waals surface area (Å²) in [6.07, 6.45) is 2.48. The highest BCUT2D eigenvalue weighted by atomic mass is 35.5. The summed E-state index contributed by atoms with van der Waals surface area (Å²) in [6, 6.07) is 0. The Bertz CT molecular complexity index is 450. The molecule has 0 atom stereocenters. The molecular formula is C7H10ClN3O2S2. The molecule has 5 nitrogen and oxygen atoms in total. The van der Waals surface area contributed by atoms with Crippen molar-refractivity contribution in [3.63, 3.8) is 0 Å². The summed E-state index contributed by atoms with van der Waals surface area (Å²) in [5, 5.41) is 0.781. The number of anilines is 1. The predicted molar refractivity (Wildman–Crippen MR) is 61.9 cm³/mol. The van der Waals surface area contributed by atoms with Gasteiger partial charge in [-0.3, -0.25) is 0 Å². The van der Waals surface area contributed by atoms with Crippen molar-refractivity contribution in [3.8, 4) is 0 Å². The molecule has 0 unspecified atom stereocenters. The number of thioether (sulfide) groups is 1. The number of nitrogens with two attached hydrogens (primary N) is 1. The van der Waals surface area contributed by atoms with Gasteiger partial charge in [0, 0.05) is 12.0 Å². The summed E-state index contributed by atoms with van der Waals surface area (Å²) in [5.74, 6) is 0.681. The van der Waals surface area contributed by atoms with Gasteiger partial charge in [0.2, 0.25) is 0 Å². The van der Waals surface area contributed by atoms with E-state index >= 15 is 0 Å². The first-order valence-corrected chi connectivity index (χ1v) is 7.39. The van der Waals surface area contributed by atoms with Crippen LogP contribution in [0.3, 0.4) is 0 Å². The van der Waals surface area contributed by atoms with Crippen molar-refractivity contribution in [1.29, 1.82) is 0 Å². The Kier molecular flexibility index (Phi) is 4.18. The topological polar surface area (TPSA) is 85.9 Å². The lowest BCUT2D eigenvalue weighted by Crippen LogP contribution is -2.05. The largest absolute Gasteiger partial charge is 0.382 e. The van der Waals surface area contributed by atoms with Crippen LogP contribution in [-0.4, -0.2) is 36.1 Å². The Morgan fingerprint density at radius 2 is 2.20 bits per heavy atom. The number of nitrogens with zero attached hydrogens (tertiary/aromatic N) is 2. The van der Waals surface area contributed by atoms with Crippen molar-refractivity contribution in [2.45, 2.75) is 5.03 Å². The Morgan fingerprint density at radius 3 is 2.80 bits per heavy atom. The predicted octanol–water partition coefficient (Wildman–Crippen LogP) is 0.849. The van der Waals surface area contributed by atoms with E-state index in [1.54, 1.807) is 0 Å². The molecule has 1 rings (SSSR count). The minimum absolute atomic E-state index is 0.0813. The molecule has 8 heteroatoms. The van der Waals surface area contributed by atoms with E-state index in [0.717, 1.165) is 0 Å². The van der Waals surface area contributed by atoms with Gasteiger partial charge in [-0.25, -0.2) is 18.4 Å². The SMILES string of the molecule is CS(=O)(=O)CCSc1ncnc(N)c1Cl. The fraction of sp³-hybridized carbons (Fsp3) is 0.429. The number of hydrogen-bond donors (Lipinski definition) is 1. The molecule has 1 heterocycles. The van der Waals surface area contributed by atoms with Gasteiger partial charge in [0.05, 0.1) is 5.75 Å². The summed E-state index contributed by atoms with van der Waals surface area (Å²) < 4.78 is 21.7. The quantitative estimate of drug-likeness (QED) is 0.643. The first kappa shape index (κ1) is 12.5. The molecule has 0 fully saturated rings. The highest BCUT2D eigenvalue weighted by molar-refractivity contribution is 8.00. The van der Waals surface area contributed by atoms with Crippen LogP contribution >= 0.6 is 23.4 Å². The summed E-state index contributed by atoms with van der Waals surface area (Å²) in [6.45, 7) is 0. The van der Waals surface area contributed by atoms with Crippen LogP contribution in [0.4, 0.5) is 5.82 Å². The maximum absolute atomic E-state index is 10.9. The monoisotopic (exact) mass is 267 g/mol. The van der Waals surface area contributed by atoms with Gasteiger partial charge in [-0.05, 0) is 0 Å². The number of hydrogen-bond acceptors (Lipinski definition) is 6. The van der Waals surface area contributed by atoms with E-state index in [1.807, 2.05) is 0 Å². The van der Waals surface area contributed by atoms with Gasteiger partial charge in [-0.2, -0.15) is 0 Å². The zero-order valence-corrected chi connectivity index (χ0v) is 10.4. The van der Waals surface area contributed by atoms with Crippen LogP contribution in [0.5, 0.6) is 0 Å². The molecule has 0 radical (unpaired) electrons. The van der Waals surface area contributed by atoms with E-state index in [9.17, 15) is 8.42 Å². The van der Waals surface area contributed by atoms with Gasteiger partial charge in [0.25, 0.3) is 0 Å². The van der Waals surface area contributed by atoms with Gasteiger partial charge in [-0.15, -0.1) is 11.8 Å². The van der Waals surface area contributed by atoms with E-state index in [2.05, 4.69) is 9.97 Å². The van der Waals surface area contributed by atoms with Crippen molar-refractivity contribution in [2.75, 3.05) is 23.5 Å². The molecule has 0 saturated carbocycles. The molecule has 84 valence electrons. The standard InChI is InChI=1S/C7H10ClN3O2S2/c1-15(12,13)3-2-14-7-5(8)6(9)10-4-11-7/h4H,2-3H2,1H3,(H2,9,10,11). The minimum Gasteiger partial charge on any atom is -0.382 e. The minimum atomic E-state index is -2.96. The Morgan fingerprint density at radius 1 is 1.53 bits per heavy atom. The molecule has 0 bridgehead atoms. The normalized spacial score (nSPS) is 11.6. The third-order valence-electron chi connectivity index (χ3n) is 1.48. The molecule has 0 aliphatic carbocycles. The van der Waals surface area contributed by atoms with Crippen LogP contribution in [0, 0.1) is 0 Å². The first-order valence-electron chi connectivity index (χ1n) is 3.96. The van der Waals surface area contributed by atoms with Crippen molar-refractivity contribution < 1.29 is 8.42 Å². The zero-order valence-electron chi connectivity index (χ0n) is 7.97. The van der Waals surface area contributed by atoms with Crippen LogP contribution in [0.15, 0.2) is 11.4 Å². The summed E-state index contributed by atoms with van der Waals surface area (Å²) in [4.78, 5) is 7.60. The number of aromatic nitrogens is 2. The highest BCUT2D eigenvalue weighted by Crippen LogP contribution is 2.27. The van der Waals surface area contributed by atoms with Crippen molar-refractivity contribution in [2.24, 2.45) is 0 Å². The van der Waals surface area contributed by atoms with E-state index in [1.165, 1.54) is 24.3 Å². The van der Waals surface area contributed by atoms with Crippen LogP contribution in [0.25, 0.3) is 0 Å². The van der Waals surface area contributed by atoms with Gasteiger partial charge in [-0.1, -0.05) is 11.6 Å². The molecule has 15 heavy (non-hydrogen) atoms. The Labute approximate surface area is 97.4 Å². The number of rotatable bonds is 4. The smallest absolute Gasteiger partial charge is 0.148 e. The average Bonchev–Trinajstić information content (AvgIpc) is 2.10. The summed E-state index contributed by atoms with van der Waals surface area (Å²) in [5.41, 5.74) is 5.46. The van der Waals surface area contributed by atoms with Crippen LogP contribution in [0.1, 0.15) is 0 Å². The fourth-order valence-electron chi connectivity index (χ4n) is 0.757. The van der Waals surface area contributed by atoms with E-state index in [4.69, 9.17) is 17.3 Å². The number of halogens is 1. The number of sulfone groups is 1. The molecule has 0 aromatic carbocycles. The van der Waals surface area contributed by atoms with Crippen molar-refractivity contribution in [1.82, 2.24) is 9.97 Å². The summed E-state index contributed by atoms with van der Waals surface area (Å²) in [7, 11) is -2.96. The molecule has 0 aliphatic rings. The van der Waals surface area contributed by atoms with Crippen molar-refractivity contribution >= 4 is 39.0 Å². The molecule has 0 spiro atoms. The maximum atomic E-state index is 10.9. The van der Waals surface area contributed by atoms with Gasteiger partial charge < -0.3 is 5.73 Å².